The molecule has 1 aliphatic heterocycles. The molecule has 0 saturated heterocycles. The van der Waals surface area contributed by atoms with Crippen LogP contribution in [0.1, 0.15) is 28.4 Å². The largest absolute Gasteiger partial charge is 0.366 e. The Morgan fingerprint density at radius 3 is 2.78 bits per heavy atom. The van der Waals surface area contributed by atoms with Gasteiger partial charge in [0, 0.05) is 17.7 Å². The molecule has 1 heterocycles. The molecule has 0 unspecified atom stereocenters. The lowest BCUT2D eigenvalue weighted by Crippen LogP contribution is -2.24. The van der Waals surface area contributed by atoms with E-state index in [-0.39, 0.29) is 10.8 Å². The molecule has 6 heteroatoms. The predicted octanol–water partition coefficient (Wildman–Crippen LogP) is 0.523. The number of fused-ring (bicyclic) bond motifs is 1. The maximum absolute atomic E-state index is 11.9. The minimum atomic E-state index is -3.33. The van der Waals surface area contributed by atoms with Gasteiger partial charge in [-0.05, 0) is 24.1 Å². The number of carbonyl (C=O) groups excluding carboxylic acids is 1. The van der Waals surface area contributed by atoms with E-state index >= 15 is 0 Å². The number of carbonyl (C=O) groups is 1. The van der Waals surface area contributed by atoms with E-state index in [0.717, 1.165) is 5.56 Å². The van der Waals surface area contributed by atoms with E-state index in [0.29, 0.717) is 24.1 Å². The normalized spacial score (nSPS) is 14.8. The first-order chi connectivity index (χ1) is 8.45. The van der Waals surface area contributed by atoms with E-state index < -0.39 is 15.7 Å². The van der Waals surface area contributed by atoms with E-state index in [9.17, 15) is 13.2 Å². The van der Waals surface area contributed by atoms with Gasteiger partial charge in [0.15, 0.2) is 14.9 Å². The van der Waals surface area contributed by atoms with Crippen LogP contribution >= 0.6 is 0 Å². The van der Waals surface area contributed by atoms with Crippen molar-refractivity contribution >= 4 is 20.8 Å². The summed E-state index contributed by atoms with van der Waals surface area (Å²) in [6.07, 6.45) is 0.624. The van der Waals surface area contributed by atoms with Crippen molar-refractivity contribution in [1.29, 1.82) is 0 Å². The van der Waals surface area contributed by atoms with Crippen molar-refractivity contribution in [3.8, 4) is 0 Å². The average Bonchev–Trinajstić information content (AvgIpc) is 2.37. The first kappa shape index (κ1) is 12.8. The summed E-state index contributed by atoms with van der Waals surface area (Å²) in [5, 5.41) is 0.127. The summed E-state index contributed by atoms with van der Waals surface area (Å²) < 4.78 is 23.8. The van der Waals surface area contributed by atoms with Crippen LogP contribution in [0.15, 0.2) is 23.2 Å². The zero-order chi connectivity index (χ0) is 13.3. The van der Waals surface area contributed by atoms with Crippen LogP contribution in [0.4, 0.5) is 0 Å². The Morgan fingerprint density at radius 2 is 2.17 bits per heavy atom. The Bertz CT molecular complexity index is 633. The van der Waals surface area contributed by atoms with E-state index in [4.69, 9.17) is 5.73 Å². The van der Waals surface area contributed by atoms with Crippen molar-refractivity contribution in [3.05, 3.63) is 34.9 Å². The summed E-state index contributed by atoms with van der Waals surface area (Å²) in [7, 11) is -3.33. The molecule has 5 nitrogen and oxygen atoms in total. The van der Waals surface area contributed by atoms with Gasteiger partial charge in [-0.1, -0.05) is 13.0 Å². The van der Waals surface area contributed by atoms with Crippen molar-refractivity contribution in [3.63, 3.8) is 0 Å². The molecule has 0 fully saturated rings. The van der Waals surface area contributed by atoms with Gasteiger partial charge in [0.05, 0.1) is 5.75 Å². The van der Waals surface area contributed by atoms with Crippen molar-refractivity contribution in [2.24, 2.45) is 10.7 Å². The number of rotatable bonds is 2. The summed E-state index contributed by atoms with van der Waals surface area (Å²) in [6.45, 7) is 2.01. The number of hydrogen-bond donors (Lipinski definition) is 1. The molecule has 96 valence electrons. The summed E-state index contributed by atoms with van der Waals surface area (Å²) in [4.78, 5) is 15.2. The molecule has 0 saturated carbocycles. The lowest BCUT2D eigenvalue weighted by atomic mass is 10.00. The van der Waals surface area contributed by atoms with E-state index in [1.165, 1.54) is 6.07 Å². The number of benzene rings is 1. The first-order valence-corrected chi connectivity index (χ1v) is 7.31. The monoisotopic (exact) mass is 266 g/mol. The second-order valence-corrected chi connectivity index (χ2v) is 6.27. The maximum Gasteiger partial charge on any atom is 0.248 e. The Balaban J connectivity index is 2.55. The number of nitrogens with two attached hydrogens (primary N) is 1. The van der Waals surface area contributed by atoms with Gasteiger partial charge in [-0.15, -0.1) is 0 Å². The van der Waals surface area contributed by atoms with Crippen molar-refractivity contribution in [2.75, 3.05) is 12.3 Å². The molecule has 0 aliphatic carbocycles. The predicted molar refractivity (Wildman–Crippen MR) is 69.5 cm³/mol. The highest BCUT2D eigenvalue weighted by Crippen LogP contribution is 2.21. The molecule has 1 amide bonds. The highest BCUT2D eigenvalue weighted by Gasteiger charge is 2.25. The maximum atomic E-state index is 11.9. The zero-order valence-corrected chi connectivity index (χ0v) is 10.8. The van der Waals surface area contributed by atoms with E-state index in [1.54, 1.807) is 19.1 Å². The highest BCUT2D eigenvalue weighted by molar-refractivity contribution is 8.06. The summed E-state index contributed by atoms with van der Waals surface area (Å²) >= 11 is 0. The molecule has 0 aromatic heterocycles. The summed E-state index contributed by atoms with van der Waals surface area (Å²) in [5.74, 6) is -0.497. The standard InChI is InChI=1S/C12H14N2O3S/c1-2-18(16,17)12-10-4-3-9(11(13)15)7-8(10)5-6-14-12/h3-4,7H,2,5-6H2,1H3,(H2,13,15). The average molecular weight is 266 g/mol. The summed E-state index contributed by atoms with van der Waals surface area (Å²) in [5.41, 5.74) is 7.00. The SMILES string of the molecule is CCS(=O)(=O)C1=NCCc2cc(C(N)=O)ccc21. The van der Waals surface area contributed by atoms with Gasteiger partial charge in [-0.3, -0.25) is 9.79 Å². The van der Waals surface area contributed by atoms with Crippen LogP contribution in [0, 0.1) is 0 Å². The lowest BCUT2D eigenvalue weighted by Gasteiger charge is -2.17. The molecule has 2 N–H and O–H groups in total. The third kappa shape index (κ3) is 2.15. The molecule has 1 aliphatic rings. The van der Waals surface area contributed by atoms with Crippen LogP contribution in [0.25, 0.3) is 0 Å². The third-order valence-corrected chi connectivity index (χ3v) is 4.63. The van der Waals surface area contributed by atoms with Crippen LogP contribution in [0.5, 0.6) is 0 Å². The number of sulfone groups is 1. The Kier molecular flexibility index (Phi) is 3.21. The second-order valence-electron chi connectivity index (χ2n) is 4.08. The van der Waals surface area contributed by atoms with Gasteiger partial charge in [-0.2, -0.15) is 0 Å². The van der Waals surface area contributed by atoms with Gasteiger partial charge in [0.25, 0.3) is 0 Å². The molecule has 2 rings (SSSR count). The summed E-state index contributed by atoms with van der Waals surface area (Å²) in [6, 6.07) is 4.80. The highest BCUT2D eigenvalue weighted by atomic mass is 32.2. The second kappa shape index (κ2) is 4.53. The van der Waals surface area contributed by atoms with Gasteiger partial charge in [0.1, 0.15) is 0 Å². The number of hydrogen-bond acceptors (Lipinski definition) is 4. The molecule has 0 bridgehead atoms. The Labute approximate surface area is 106 Å². The minimum Gasteiger partial charge on any atom is -0.366 e. The Hall–Kier alpha value is -1.69. The van der Waals surface area contributed by atoms with Crippen molar-refractivity contribution in [1.82, 2.24) is 0 Å². The number of aliphatic imine (C=N–C) groups is 1. The minimum absolute atomic E-state index is 0.0167. The van der Waals surface area contributed by atoms with Gasteiger partial charge in [0.2, 0.25) is 5.91 Å². The Morgan fingerprint density at radius 1 is 1.44 bits per heavy atom. The van der Waals surface area contributed by atoms with Crippen LogP contribution in [-0.4, -0.2) is 31.7 Å². The van der Waals surface area contributed by atoms with Crippen molar-refractivity contribution in [2.45, 2.75) is 13.3 Å². The molecule has 1 aromatic rings. The van der Waals surface area contributed by atoms with Crippen molar-refractivity contribution < 1.29 is 13.2 Å². The number of primary amides is 1. The van der Waals surface area contributed by atoms with Crippen LogP contribution in [0.2, 0.25) is 0 Å². The molecule has 18 heavy (non-hydrogen) atoms. The smallest absolute Gasteiger partial charge is 0.248 e. The van der Waals surface area contributed by atoms with E-state index in [1.807, 2.05) is 0 Å². The first-order valence-electron chi connectivity index (χ1n) is 5.66. The topological polar surface area (TPSA) is 89.6 Å². The van der Waals surface area contributed by atoms with Crippen LogP contribution in [0.3, 0.4) is 0 Å². The van der Waals surface area contributed by atoms with Gasteiger partial charge >= 0.3 is 0 Å². The van der Waals surface area contributed by atoms with Crippen LogP contribution in [-0.2, 0) is 16.3 Å². The molecule has 0 radical (unpaired) electrons. The van der Waals surface area contributed by atoms with Gasteiger partial charge < -0.3 is 5.73 Å². The molecular weight excluding hydrogens is 252 g/mol. The quantitative estimate of drug-likeness (QED) is 0.846. The molecule has 1 aromatic carbocycles. The van der Waals surface area contributed by atoms with Crippen LogP contribution < -0.4 is 5.73 Å². The zero-order valence-electron chi connectivity index (χ0n) is 10.0. The number of nitrogens with zero attached hydrogens (tertiary/aromatic N) is 1. The molecule has 0 atom stereocenters. The number of amides is 1. The lowest BCUT2D eigenvalue weighted by molar-refractivity contribution is 0.1000. The fourth-order valence-corrected chi connectivity index (χ4v) is 3.02. The van der Waals surface area contributed by atoms with Gasteiger partial charge in [-0.25, -0.2) is 8.42 Å². The third-order valence-electron chi connectivity index (χ3n) is 2.93. The fraction of sp³-hybridized carbons (Fsp3) is 0.333. The molecular formula is C12H14N2O3S. The fourth-order valence-electron chi connectivity index (χ4n) is 1.93. The van der Waals surface area contributed by atoms with E-state index in [2.05, 4.69) is 4.99 Å². The molecule has 0 spiro atoms.